The molecule has 0 amide bonds. The summed E-state index contributed by atoms with van der Waals surface area (Å²) < 4.78 is 8.70. The Bertz CT molecular complexity index is 43.5. The summed E-state index contributed by atoms with van der Waals surface area (Å²) in [6.45, 7) is 0. The van der Waals surface area contributed by atoms with Gasteiger partial charge in [0.1, 0.15) is 0 Å². The Morgan fingerprint density at radius 1 is 1.43 bits per heavy atom. The normalized spacial score (nSPS) is 3.71. The van der Waals surface area contributed by atoms with Crippen LogP contribution in [0.2, 0.25) is 0 Å². The Morgan fingerprint density at radius 3 is 1.43 bits per heavy atom. The van der Waals surface area contributed by atoms with Crippen LogP contribution >= 0.6 is 8.25 Å². The molecule has 0 aromatic carbocycles. The third-order valence-electron chi connectivity index (χ3n) is 0. The zero-order valence-corrected chi connectivity index (χ0v) is 11.3. The fourth-order valence-electron chi connectivity index (χ4n) is 0. The van der Waals surface area contributed by atoms with Crippen LogP contribution in [0, 0.1) is 0 Å². The van der Waals surface area contributed by atoms with Crippen LogP contribution in [0.3, 0.4) is 0 Å². The second-order valence-corrected chi connectivity index (χ2v) is 0.758. The van der Waals surface area contributed by atoms with E-state index in [2.05, 4.69) is 0 Å². The van der Waals surface area contributed by atoms with E-state index in [1.807, 2.05) is 0 Å². The van der Waals surface area contributed by atoms with Gasteiger partial charge < -0.3 is 9.76 Å². The van der Waals surface area contributed by atoms with Crippen molar-refractivity contribution in [3.8, 4) is 0 Å². The quantitative estimate of drug-likeness (QED) is 0.342. The second-order valence-electron chi connectivity index (χ2n) is 0.253. The van der Waals surface area contributed by atoms with Crippen LogP contribution in [0.4, 0.5) is 0 Å². The topological polar surface area (TPSA) is 89.0 Å². The summed E-state index contributed by atoms with van der Waals surface area (Å²) in [5, 5.41) is 0. The average molecular weight is 262 g/mol. The van der Waals surface area contributed by atoms with Gasteiger partial charge in [-0.05, 0) is 0 Å². The Morgan fingerprint density at radius 2 is 1.43 bits per heavy atom. The molecule has 0 bridgehead atoms. The van der Waals surface area contributed by atoms with Gasteiger partial charge in [-0.15, -0.1) is 9.79 Å². The molecule has 0 spiro atoms. The molecule has 0 aliphatic heterocycles. The Kier molecular flexibility index (Phi) is 51.2. The Hall–Kier alpha value is 2.55. The summed E-state index contributed by atoms with van der Waals surface area (Å²) in [4.78, 5) is 14.2. The van der Waals surface area contributed by atoms with Crippen molar-refractivity contribution in [3.05, 3.63) is 0 Å². The first kappa shape index (κ1) is 22.7. The van der Waals surface area contributed by atoms with Crippen LogP contribution < -0.4 is 29.6 Å². The molecule has 7 heteroatoms. The smallest absolute Gasteiger partial charge is 1.00 e. The minimum absolute atomic E-state index is 0. The van der Waals surface area contributed by atoms with Gasteiger partial charge in [0.05, 0.1) is 0 Å². The first-order valence-electron chi connectivity index (χ1n) is 0.583. The molecule has 7 heavy (non-hydrogen) atoms. The van der Waals surface area contributed by atoms with Crippen molar-refractivity contribution in [2.75, 3.05) is 0 Å². The zero-order chi connectivity index (χ0) is 3.58. The summed E-state index contributed by atoms with van der Waals surface area (Å²) in [6, 6.07) is 0. The summed E-state index contributed by atoms with van der Waals surface area (Å²) in [7, 11) is -2.87. The van der Waals surface area contributed by atoms with Gasteiger partial charge in [0.15, 0.2) is 0 Å². The van der Waals surface area contributed by atoms with E-state index >= 15 is 0 Å². The molecule has 0 aromatic rings. The number of hydrogen-bond donors (Lipinski definition) is 2. The van der Waals surface area contributed by atoms with Crippen molar-refractivity contribution >= 4 is 57.1 Å². The van der Waals surface area contributed by atoms with Crippen LogP contribution in [-0.2, 0) is 4.57 Å². The summed E-state index contributed by atoms with van der Waals surface area (Å²) in [5.41, 5.74) is 0. The van der Waals surface area contributed by atoms with E-state index in [-0.39, 0.29) is 88.2 Å². The molecule has 0 aliphatic rings. The molecule has 0 saturated heterocycles. The van der Waals surface area contributed by atoms with Gasteiger partial charge in [0.2, 0.25) is 0 Å². The van der Waals surface area contributed by atoms with Gasteiger partial charge in [-0.1, -0.05) is 0 Å². The van der Waals surface area contributed by atoms with E-state index < -0.39 is 8.25 Å². The van der Waals surface area contributed by atoms with Crippen molar-refractivity contribution in [1.82, 2.24) is 0 Å². The molecule has 0 unspecified atom stereocenters. The molecular weight excluding hydrogens is 255 g/mol. The predicted octanol–water partition coefficient (Wildman–Crippen LogP) is -4.24. The molecule has 38 valence electrons. The molecule has 0 atom stereocenters. The van der Waals surface area contributed by atoms with Crippen LogP contribution in [0.1, 0.15) is 4.28 Å². The van der Waals surface area contributed by atoms with Crippen LogP contribution in [0.5, 0.6) is 0 Å². The van der Waals surface area contributed by atoms with Gasteiger partial charge >= 0.3 is 86.7 Å². The zero-order valence-electron chi connectivity index (χ0n) is 6.96. The Labute approximate surface area is 109 Å². The molecular formula is H7BaNaO4P+. The maximum atomic E-state index is 8.70. The molecule has 0 heterocycles. The molecule has 0 radical (unpaired) electrons. The van der Waals surface area contributed by atoms with Crippen molar-refractivity contribution < 1.29 is 53.7 Å². The minimum Gasteiger partial charge on any atom is -1.00 e. The first-order valence-corrected chi connectivity index (χ1v) is 1.75. The number of rotatable bonds is 0. The van der Waals surface area contributed by atoms with Crippen molar-refractivity contribution in [2.24, 2.45) is 0 Å². The summed E-state index contributed by atoms with van der Waals surface area (Å²) >= 11 is 0. The van der Waals surface area contributed by atoms with Crippen LogP contribution in [0.25, 0.3) is 0 Å². The van der Waals surface area contributed by atoms with E-state index in [1.165, 1.54) is 0 Å². The van der Waals surface area contributed by atoms with E-state index in [0.717, 1.165) is 0 Å². The largest absolute Gasteiger partial charge is 2.00 e. The Balaban J connectivity index is -0.00000000300. The second kappa shape index (κ2) is 15.8. The SMILES string of the molecule is O.O=[P+](O)O.[Ba+2].[H-].[H-].[H-].[Na+]. The van der Waals surface area contributed by atoms with Gasteiger partial charge in [-0.25, -0.2) is 0 Å². The summed E-state index contributed by atoms with van der Waals surface area (Å²) in [5.74, 6) is 0. The van der Waals surface area contributed by atoms with E-state index in [9.17, 15) is 0 Å². The fraction of sp³-hybridized carbons (Fsp3) is 0. The fourth-order valence-corrected chi connectivity index (χ4v) is 0. The third kappa shape index (κ3) is 56.4. The van der Waals surface area contributed by atoms with Crippen molar-refractivity contribution in [3.63, 3.8) is 0 Å². The van der Waals surface area contributed by atoms with Crippen molar-refractivity contribution in [2.45, 2.75) is 0 Å². The molecule has 0 saturated carbocycles. The summed E-state index contributed by atoms with van der Waals surface area (Å²) in [6.07, 6.45) is 0. The van der Waals surface area contributed by atoms with Gasteiger partial charge in [-0.3, -0.25) is 0 Å². The van der Waals surface area contributed by atoms with Gasteiger partial charge in [0, 0.05) is 4.57 Å². The standard InChI is InChI=1S/Ba.Na.HO3P.H2O.3H/c;;1-4(2)3;;;;/h;;(H-,1,2,3);1H2;;;/q+2;+1;;;3*-1/p+1. The van der Waals surface area contributed by atoms with E-state index in [0.29, 0.717) is 0 Å². The molecule has 0 aliphatic carbocycles. The van der Waals surface area contributed by atoms with Gasteiger partial charge in [-0.2, -0.15) is 0 Å². The van der Waals surface area contributed by atoms with Crippen molar-refractivity contribution in [1.29, 1.82) is 0 Å². The average Bonchev–Trinajstić information content (AvgIpc) is 0.811. The van der Waals surface area contributed by atoms with Crippen LogP contribution in [0.15, 0.2) is 0 Å². The minimum atomic E-state index is -2.87. The number of hydrogen-bond acceptors (Lipinski definition) is 1. The predicted molar refractivity (Wildman–Crippen MR) is 24.7 cm³/mol. The monoisotopic (exact) mass is 263 g/mol. The molecule has 0 aromatic heterocycles. The molecule has 4 N–H and O–H groups in total. The van der Waals surface area contributed by atoms with E-state index in [1.54, 1.807) is 0 Å². The van der Waals surface area contributed by atoms with Crippen LogP contribution in [-0.4, -0.2) is 64.1 Å². The molecule has 4 nitrogen and oxygen atoms in total. The molecule has 0 rings (SSSR count). The maximum absolute atomic E-state index is 8.70. The molecule has 0 fully saturated rings. The third-order valence-corrected chi connectivity index (χ3v) is 0. The maximum Gasteiger partial charge on any atom is 2.00 e. The first-order chi connectivity index (χ1) is 1.73. The van der Waals surface area contributed by atoms with Gasteiger partial charge in [0.25, 0.3) is 0 Å². The van der Waals surface area contributed by atoms with E-state index in [4.69, 9.17) is 14.4 Å².